The molecule has 152 valence electrons. The van der Waals surface area contributed by atoms with Gasteiger partial charge in [0.25, 0.3) is 5.56 Å². The zero-order valence-corrected chi connectivity index (χ0v) is 17.7. The molecule has 4 rings (SSSR count). The van der Waals surface area contributed by atoms with Gasteiger partial charge in [-0.1, -0.05) is 35.9 Å². The maximum Gasteiger partial charge on any atom is 0.263 e. The molecule has 2 aromatic heterocycles. The van der Waals surface area contributed by atoms with Crippen molar-refractivity contribution in [1.29, 1.82) is 0 Å². The van der Waals surface area contributed by atoms with Crippen LogP contribution in [0.1, 0.15) is 16.8 Å². The Kier molecular flexibility index (Phi) is 5.18. The second-order valence-electron chi connectivity index (χ2n) is 7.22. The number of rotatable bonds is 4. The van der Waals surface area contributed by atoms with E-state index in [1.165, 1.54) is 10.9 Å². The largest absolute Gasteiger partial charge is 0.324 e. The van der Waals surface area contributed by atoms with E-state index in [4.69, 9.17) is 11.6 Å². The topological polar surface area (TPSA) is 68.9 Å². The molecule has 7 heteroatoms. The molecule has 0 saturated heterocycles. The van der Waals surface area contributed by atoms with Crippen LogP contribution >= 0.6 is 11.6 Å². The number of nitrogens with zero attached hydrogens (tertiary/aromatic N) is 3. The maximum atomic E-state index is 13.2. The SMILES string of the molecule is Cc1c(Cl)cccc1NC(=O)Cn1cnc2c(c(C)c(C)n2-c2ccccc2)c1=O. The van der Waals surface area contributed by atoms with Crippen LogP contribution in [0.25, 0.3) is 16.7 Å². The summed E-state index contributed by atoms with van der Waals surface area (Å²) >= 11 is 6.11. The van der Waals surface area contributed by atoms with E-state index in [2.05, 4.69) is 10.3 Å². The summed E-state index contributed by atoms with van der Waals surface area (Å²) in [4.78, 5) is 30.2. The monoisotopic (exact) mass is 420 g/mol. The summed E-state index contributed by atoms with van der Waals surface area (Å²) in [6.07, 6.45) is 1.42. The van der Waals surface area contributed by atoms with Crippen LogP contribution in [-0.4, -0.2) is 20.0 Å². The van der Waals surface area contributed by atoms with Gasteiger partial charge in [0.2, 0.25) is 5.91 Å². The molecule has 0 aliphatic rings. The molecule has 0 unspecified atom stereocenters. The molecule has 0 fully saturated rings. The van der Waals surface area contributed by atoms with Gasteiger partial charge >= 0.3 is 0 Å². The van der Waals surface area contributed by atoms with Crippen molar-refractivity contribution in [2.45, 2.75) is 27.3 Å². The van der Waals surface area contributed by atoms with Crippen LogP contribution in [0.2, 0.25) is 5.02 Å². The minimum atomic E-state index is -0.319. The normalized spacial score (nSPS) is 11.1. The van der Waals surface area contributed by atoms with Crippen molar-refractivity contribution in [2.24, 2.45) is 0 Å². The van der Waals surface area contributed by atoms with E-state index < -0.39 is 0 Å². The van der Waals surface area contributed by atoms with E-state index in [1.807, 2.05) is 55.7 Å². The summed E-state index contributed by atoms with van der Waals surface area (Å²) in [6.45, 7) is 5.56. The molecule has 4 aromatic rings. The number of para-hydroxylation sites is 1. The average molecular weight is 421 g/mol. The van der Waals surface area contributed by atoms with Gasteiger partial charge in [0.15, 0.2) is 5.65 Å². The number of anilines is 1. The highest BCUT2D eigenvalue weighted by molar-refractivity contribution is 6.31. The molecule has 0 bridgehead atoms. The zero-order chi connectivity index (χ0) is 21.4. The fourth-order valence-corrected chi connectivity index (χ4v) is 3.75. The van der Waals surface area contributed by atoms with Gasteiger partial charge in [-0.15, -0.1) is 0 Å². The molecule has 0 spiro atoms. The summed E-state index contributed by atoms with van der Waals surface area (Å²) < 4.78 is 3.30. The van der Waals surface area contributed by atoms with Crippen LogP contribution in [0.15, 0.2) is 59.7 Å². The van der Waals surface area contributed by atoms with Crippen LogP contribution in [-0.2, 0) is 11.3 Å². The van der Waals surface area contributed by atoms with Gasteiger partial charge in [0.1, 0.15) is 12.9 Å². The highest BCUT2D eigenvalue weighted by Gasteiger charge is 2.18. The molecule has 0 radical (unpaired) electrons. The third-order valence-electron chi connectivity index (χ3n) is 5.35. The Morgan fingerprint density at radius 2 is 1.77 bits per heavy atom. The summed E-state index contributed by atoms with van der Waals surface area (Å²) in [5.41, 5.74) is 4.48. The Labute approximate surface area is 178 Å². The van der Waals surface area contributed by atoms with Crippen molar-refractivity contribution in [3.8, 4) is 5.69 Å². The van der Waals surface area contributed by atoms with E-state index in [0.29, 0.717) is 21.7 Å². The molecular weight excluding hydrogens is 400 g/mol. The zero-order valence-electron chi connectivity index (χ0n) is 16.9. The number of carbonyl (C=O) groups is 1. The first kappa shape index (κ1) is 19.9. The molecule has 0 saturated carbocycles. The number of aromatic nitrogens is 3. The Bertz CT molecular complexity index is 1320. The van der Waals surface area contributed by atoms with Gasteiger partial charge in [0.05, 0.1) is 5.39 Å². The first-order valence-corrected chi connectivity index (χ1v) is 9.93. The average Bonchev–Trinajstić information content (AvgIpc) is 2.99. The minimum absolute atomic E-state index is 0.136. The van der Waals surface area contributed by atoms with E-state index >= 15 is 0 Å². The molecule has 1 N–H and O–H groups in total. The number of fused-ring (bicyclic) bond motifs is 1. The lowest BCUT2D eigenvalue weighted by Crippen LogP contribution is -2.28. The number of benzene rings is 2. The van der Waals surface area contributed by atoms with Crippen molar-refractivity contribution in [3.05, 3.63) is 87.1 Å². The van der Waals surface area contributed by atoms with E-state index in [1.54, 1.807) is 18.2 Å². The third-order valence-corrected chi connectivity index (χ3v) is 5.76. The lowest BCUT2D eigenvalue weighted by Gasteiger charge is -2.11. The van der Waals surface area contributed by atoms with Gasteiger partial charge in [-0.3, -0.25) is 18.7 Å². The number of amides is 1. The Morgan fingerprint density at radius 1 is 1.03 bits per heavy atom. The maximum absolute atomic E-state index is 13.2. The molecule has 1 amide bonds. The fraction of sp³-hybridized carbons (Fsp3) is 0.174. The second kappa shape index (κ2) is 7.80. The molecule has 0 atom stereocenters. The minimum Gasteiger partial charge on any atom is -0.324 e. The van der Waals surface area contributed by atoms with Crippen LogP contribution in [0.5, 0.6) is 0 Å². The van der Waals surface area contributed by atoms with Gasteiger partial charge in [-0.05, 0) is 56.2 Å². The third kappa shape index (κ3) is 3.39. The van der Waals surface area contributed by atoms with E-state index in [0.717, 1.165) is 22.5 Å². The number of halogens is 1. The Hall–Kier alpha value is -3.38. The van der Waals surface area contributed by atoms with Gasteiger partial charge in [0, 0.05) is 22.1 Å². The van der Waals surface area contributed by atoms with Crippen LogP contribution in [0, 0.1) is 20.8 Å². The molecule has 30 heavy (non-hydrogen) atoms. The van der Waals surface area contributed by atoms with Crippen LogP contribution < -0.4 is 10.9 Å². The van der Waals surface area contributed by atoms with Crippen LogP contribution in [0.3, 0.4) is 0 Å². The Balaban J connectivity index is 1.71. The summed E-state index contributed by atoms with van der Waals surface area (Å²) in [5.74, 6) is -0.319. The summed E-state index contributed by atoms with van der Waals surface area (Å²) in [5, 5.41) is 3.91. The smallest absolute Gasteiger partial charge is 0.263 e. The number of nitrogens with one attached hydrogen (secondary N) is 1. The highest BCUT2D eigenvalue weighted by atomic mass is 35.5. The summed E-state index contributed by atoms with van der Waals surface area (Å²) in [6, 6.07) is 15.1. The molecular formula is C23H21ClN4O2. The van der Waals surface area contributed by atoms with Crippen molar-refractivity contribution < 1.29 is 4.79 Å². The van der Waals surface area contributed by atoms with Crippen LogP contribution in [0.4, 0.5) is 5.69 Å². The van der Waals surface area contributed by atoms with Crippen molar-refractivity contribution >= 4 is 34.2 Å². The lowest BCUT2D eigenvalue weighted by molar-refractivity contribution is -0.116. The fourth-order valence-electron chi connectivity index (χ4n) is 3.58. The highest BCUT2D eigenvalue weighted by Crippen LogP contribution is 2.25. The molecule has 2 aromatic carbocycles. The van der Waals surface area contributed by atoms with Gasteiger partial charge in [-0.2, -0.15) is 0 Å². The van der Waals surface area contributed by atoms with Crippen molar-refractivity contribution in [3.63, 3.8) is 0 Å². The molecule has 6 nitrogen and oxygen atoms in total. The predicted octanol–water partition coefficient (Wildman–Crippen LogP) is 4.40. The second-order valence-corrected chi connectivity index (χ2v) is 7.63. The number of aryl methyl sites for hydroxylation is 1. The predicted molar refractivity (Wildman–Crippen MR) is 120 cm³/mol. The van der Waals surface area contributed by atoms with Crippen molar-refractivity contribution in [1.82, 2.24) is 14.1 Å². The number of hydrogen-bond acceptors (Lipinski definition) is 3. The quantitative estimate of drug-likeness (QED) is 0.531. The van der Waals surface area contributed by atoms with E-state index in [-0.39, 0.29) is 18.0 Å². The van der Waals surface area contributed by atoms with E-state index in [9.17, 15) is 9.59 Å². The van der Waals surface area contributed by atoms with Gasteiger partial charge in [-0.25, -0.2) is 4.98 Å². The lowest BCUT2D eigenvalue weighted by atomic mass is 10.2. The molecule has 0 aliphatic heterocycles. The van der Waals surface area contributed by atoms with Crippen molar-refractivity contribution in [2.75, 3.05) is 5.32 Å². The molecule has 0 aliphatic carbocycles. The Morgan fingerprint density at radius 3 is 2.50 bits per heavy atom. The first-order chi connectivity index (χ1) is 14.4. The first-order valence-electron chi connectivity index (χ1n) is 9.56. The van der Waals surface area contributed by atoms with Gasteiger partial charge < -0.3 is 5.32 Å². The molecule has 2 heterocycles. The summed E-state index contributed by atoms with van der Waals surface area (Å²) in [7, 11) is 0. The number of carbonyl (C=O) groups excluding carboxylic acids is 1. The standard InChI is InChI=1S/C23H21ClN4O2/c1-14-16(3)28(17-8-5-4-6-9-17)22-21(14)23(30)27(13-25-22)12-20(29)26-19-11-7-10-18(24)15(19)2/h4-11,13H,12H2,1-3H3,(H,26,29). The number of hydrogen-bond donors (Lipinski definition) is 1.